The molecular weight excluding hydrogens is 471 g/mol. The Morgan fingerprint density at radius 2 is 1.97 bits per heavy atom. The minimum Gasteiger partial charge on any atom is -0.328 e. The van der Waals surface area contributed by atoms with Crippen molar-refractivity contribution in [2.75, 3.05) is 18.0 Å². The fourth-order valence-electron chi connectivity index (χ4n) is 4.33. The van der Waals surface area contributed by atoms with Gasteiger partial charge in [-0.05, 0) is 50.0 Å². The third-order valence-corrected chi connectivity index (χ3v) is 7.43. The zero-order valence-electron chi connectivity index (χ0n) is 17.5. The first-order chi connectivity index (χ1) is 15.3. The molecule has 8 nitrogen and oxygen atoms in total. The second-order valence-corrected chi connectivity index (χ2v) is 9.46. The van der Waals surface area contributed by atoms with Gasteiger partial charge < -0.3 is 9.47 Å². The third kappa shape index (κ3) is 3.48. The van der Waals surface area contributed by atoms with E-state index >= 15 is 0 Å². The van der Waals surface area contributed by atoms with Crippen molar-refractivity contribution < 1.29 is 9.59 Å². The van der Waals surface area contributed by atoms with Crippen molar-refractivity contribution in [3.05, 3.63) is 45.3 Å². The van der Waals surface area contributed by atoms with Gasteiger partial charge in [0.1, 0.15) is 5.82 Å². The summed E-state index contributed by atoms with van der Waals surface area (Å²) in [5.41, 5.74) is 1.31. The molecule has 1 atom stereocenters. The fraction of sp³-hybridized carbons (Fsp3) is 0.381. The van der Waals surface area contributed by atoms with Crippen molar-refractivity contribution in [1.82, 2.24) is 23.8 Å². The van der Waals surface area contributed by atoms with Gasteiger partial charge in [0.25, 0.3) is 5.91 Å². The highest BCUT2D eigenvalue weighted by Crippen LogP contribution is 2.39. The van der Waals surface area contributed by atoms with Gasteiger partial charge in [-0.1, -0.05) is 23.2 Å². The molecule has 166 valence electrons. The Labute approximate surface area is 198 Å². The number of benzene rings is 1. The fourth-order valence-corrected chi connectivity index (χ4v) is 5.30. The molecule has 0 radical (unpaired) electrons. The number of nitrogens with zero attached hydrogens (tertiary/aromatic N) is 6. The lowest BCUT2D eigenvalue weighted by Gasteiger charge is -2.36. The Morgan fingerprint density at radius 1 is 1.16 bits per heavy atom. The number of imidazole rings is 1. The van der Waals surface area contributed by atoms with Crippen molar-refractivity contribution in [3.63, 3.8) is 0 Å². The molecule has 1 saturated heterocycles. The van der Waals surface area contributed by atoms with Crippen LogP contribution in [-0.4, -0.2) is 48.7 Å². The molecule has 0 spiro atoms. The normalized spacial score (nSPS) is 18.4. The average Bonchev–Trinajstić information content (AvgIpc) is 3.48. The molecule has 2 aliphatic rings. The molecule has 2 aromatic heterocycles. The van der Waals surface area contributed by atoms with Gasteiger partial charge in [0.05, 0.1) is 21.8 Å². The highest BCUT2D eigenvalue weighted by molar-refractivity contribution is 7.09. The summed E-state index contributed by atoms with van der Waals surface area (Å²) < 4.78 is 6.36. The Hall–Kier alpha value is -2.49. The number of carbonyl (C=O) groups is 2. The number of hydrogen-bond donors (Lipinski definition) is 0. The third-order valence-electron chi connectivity index (χ3n) is 5.89. The first-order valence-corrected chi connectivity index (χ1v) is 11.9. The van der Waals surface area contributed by atoms with Gasteiger partial charge in [0.15, 0.2) is 16.6 Å². The molecule has 0 aliphatic carbocycles. The number of rotatable bonds is 3. The summed E-state index contributed by atoms with van der Waals surface area (Å²) in [6.07, 6.45) is 1.29. The van der Waals surface area contributed by atoms with Crippen molar-refractivity contribution in [3.8, 4) is 10.8 Å². The standard InChI is InChI=1S/C21H20Cl2N6O2S/c1-11-17-18(28-7-3-4-16(28)30)25-19(20-24-12(2)26-32-20)29(17)9-8-27(11)21(31)13-5-6-14(22)15(23)10-13/h5-6,10-11H,3-4,7-9H2,1-2H3. The summed E-state index contributed by atoms with van der Waals surface area (Å²) in [4.78, 5) is 38.8. The SMILES string of the molecule is Cc1nsc(-c2nc(N3CCCC3=O)c3n2CCN(C(=O)c2ccc(Cl)c(Cl)c2)C3C)n1. The number of aromatic nitrogens is 4. The van der Waals surface area contributed by atoms with Gasteiger partial charge in [0.2, 0.25) is 5.91 Å². The van der Waals surface area contributed by atoms with E-state index in [2.05, 4.69) is 13.9 Å². The quantitative estimate of drug-likeness (QED) is 0.544. The molecule has 0 saturated carbocycles. The van der Waals surface area contributed by atoms with E-state index in [1.54, 1.807) is 28.0 Å². The molecule has 1 aromatic carbocycles. The zero-order chi connectivity index (χ0) is 22.6. The van der Waals surface area contributed by atoms with Crippen molar-refractivity contribution in [2.24, 2.45) is 0 Å². The van der Waals surface area contributed by atoms with Crippen LogP contribution in [0.4, 0.5) is 5.82 Å². The first-order valence-electron chi connectivity index (χ1n) is 10.3. The second kappa shape index (κ2) is 8.13. The van der Waals surface area contributed by atoms with E-state index < -0.39 is 0 Å². The number of hydrogen-bond acceptors (Lipinski definition) is 6. The largest absolute Gasteiger partial charge is 0.328 e. The molecule has 0 bridgehead atoms. The van der Waals surface area contributed by atoms with E-state index in [0.717, 1.165) is 12.1 Å². The van der Waals surface area contributed by atoms with Crippen LogP contribution < -0.4 is 4.90 Å². The molecule has 1 unspecified atom stereocenters. The van der Waals surface area contributed by atoms with Crippen LogP contribution in [0.5, 0.6) is 0 Å². The zero-order valence-corrected chi connectivity index (χ0v) is 19.8. The van der Waals surface area contributed by atoms with E-state index in [4.69, 9.17) is 28.2 Å². The van der Waals surface area contributed by atoms with Gasteiger partial charge in [-0.2, -0.15) is 4.37 Å². The summed E-state index contributed by atoms with van der Waals surface area (Å²) in [6, 6.07) is 4.59. The lowest BCUT2D eigenvalue weighted by atomic mass is 10.1. The summed E-state index contributed by atoms with van der Waals surface area (Å²) in [7, 11) is 0. The maximum atomic E-state index is 13.4. The molecule has 3 aromatic rings. The Balaban J connectivity index is 1.58. The van der Waals surface area contributed by atoms with Crippen LogP contribution in [0.25, 0.3) is 10.8 Å². The molecule has 1 fully saturated rings. The van der Waals surface area contributed by atoms with Gasteiger partial charge in [-0.25, -0.2) is 9.97 Å². The van der Waals surface area contributed by atoms with Crippen molar-refractivity contribution in [2.45, 2.75) is 39.3 Å². The van der Waals surface area contributed by atoms with E-state index in [1.165, 1.54) is 11.5 Å². The van der Waals surface area contributed by atoms with Gasteiger partial charge in [-0.15, -0.1) is 0 Å². The van der Waals surface area contributed by atoms with Crippen molar-refractivity contribution >= 4 is 52.4 Å². The summed E-state index contributed by atoms with van der Waals surface area (Å²) >= 11 is 13.4. The molecule has 32 heavy (non-hydrogen) atoms. The molecule has 11 heteroatoms. The van der Waals surface area contributed by atoms with Crippen LogP contribution in [0.3, 0.4) is 0 Å². The first kappa shape index (κ1) is 21.4. The number of fused-ring (bicyclic) bond motifs is 1. The van der Waals surface area contributed by atoms with Gasteiger partial charge >= 0.3 is 0 Å². The molecule has 4 heterocycles. The predicted octanol–water partition coefficient (Wildman–Crippen LogP) is 4.36. The van der Waals surface area contributed by atoms with E-state index in [0.29, 0.717) is 64.1 Å². The topological polar surface area (TPSA) is 84.2 Å². The molecule has 2 amide bonds. The van der Waals surface area contributed by atoms with Crippen LogP contribution in [0, 0.1) is 6.92 Å². The minimum absolute atomic E-state index is 0.0472. The van der Waals surface area contributed by atoms with E-state index in [1.807, 2.05) is 13.8 Å². The van der Waals surface area contributed by atoms with Gasteiger partial charge in [0, 0.05) is 31.6 Å². The highest BCUT2D eigenvalue weighted by atomic mass is 35.5. The van der Waals surface area contributed by atoms with Crippen LogP contribution in [-0.2, 0) is 11.3 Å². The number of halogens is 2. The Morgan fingerprint density at radius 3 is 2.62 bits per heavy atom. The van der Waals surface area contributed by atoms with Crippen LogP contribution in [0.1, 0.15) is 47.7 Å². The molecule has 0 N–H and O–H groups in total. The molecule has 5 rings (SSSR count). The number of anilines is 1. The van der Waals surface area contributed by atoms with Crippen LogP contribution >= 0.6 is 34.7 Å². The smallest absolute Gasteiger partial charge is 0.254 e. The molecular formula is C21H20Cl2N6O2S. The van der Waals surface area contributed by atoms with Crippen LogP contribution in [0.2, 0.25) is 10.0 Å². The predicted molar refractivity (Wildman–Crippen MR) is 123 cm³/mol. The maximum absolute atomic E-state index is 13.4. The lowest BCUT2D eigenvalue weighted by molar-refractivity contribution is -0.117. The van der Waals surface area contributed by atoms with Crippen LogP contribution in [0.15, 0.2) is 18.2 Å². The number of carbonyl (C=O) groups excluding carboxylic acids is 2. The summed E-state index contributed by atoms with van der Waals surface area (Å²) in [6.45, 7) is 5.44. The number of aryl methyl sites for hydroxylation is 1. The van der Waals surface area contributed by atoms with E-state index in [9.17, 15) is 9.59 Å². The maximum Gasteiger partial charge on any atom is 0.254 e. The lowest BCUT2D eigenvalue weighted by Crippen LogP contribution is -2.42. The van der Waals surface area contributed by atoms with E-state index in [-0.39, 0.29) is 17.9 Å². The summed E-state index contributed by atoms with van der Waals surface area (Å²) in [5.74, 6) is 1.88. The monoisotopic (exact) mass is 490 g/mol. The minimum atomic E-state index is -0.302. The summed E-state index contributed by atoms with van der Waals surface area (Å²) in [5, 5.41) is 1.45. The Kier molecular flexibility index (Phi) is 5.43. The Bertz CT molecular complexity index is 1240. The average molecular weight is 491 g/mol. The van der Waals surface area contributed by atoms with Crippen molar-refractivity contribution in [1.29, 1.82) is 0 Å². The van der Waals surface area contributed by atoms with Gasteiger partial charge in [-0.3, -0.25) is 14.5 Å². The molecule has 2 aliphatic heterocycles. The highest BCUT2D eigenvalue weighted by Gasteiger charge is 2.38. The second-order valence-electron chi connectivity index (χ2n) is 7.89. The number of amides is 2.